The standard InChI is InChI=1S/C24H45N5O3.C2H6/c1-6-21(8-7-18(2)28-17-25-29(24(28)31)19(3)20(4)30)26-13-15-27(16-14-26)22-9-11-23(32-5)12-10-22;1-2/h17-23,30H,6-16H2,1-5H3;1-2H3/t18?,19-,20+,21?,22?,23?;/m0./s1. The summed E-state index contributed by atoms with van der Waals surface area (Å²) in [5.74, 6) is 0. The molecular weight excluding hydrogens is 430 g/mol. The Morgan fingerprint density at radius 3 is 2.21 bits per heavy atom. The minimum absolute atomic E-state index is 0.101. The summed E-state index contributed by atoms with van der Waals surface area (Å²) < 4.78 is 8.66. The highest BCUT2D eigenvalue weighted by atomic mass is 16.5. The van der Waals surface area contributed by atoms with Gasteiger partial charge in [0.15, 0.2) is 0 Å². The van der Waals surface area contributed by atoms with E-state index in [1.807, 2.05) is 27.9 Å². The van der Waals surface area contributed by atoms with Crippen molar-refractivity contribution in [1.29, 1.82) is 0 Å². The molecule has 2 unspecified atom stereocenters. The molecular formula is C26H51N5O3. The van der Waals surface area contributed by atoms with Crippen molar-refractivity contribution in [3.05, 3.63) is 16.8 Å². The molecule has 1 saturated heterocycles. The summed E-state index contributed by atoms with van der Waals surface area (Å²) in [5.41, 5.74) is -0.129. The lowest BCUT2D eigenvalue weighted by Crippen LogP contribution is -2.53. The van der Waals surface area contributed by atoms with Crippen molar-refractivity contribution < 1.29 is 9.84 Å². The van der Waals surface area contributed by atoms with Crippen LogP contribution >= 0.6 is 0 Å². The predicted octanol–water partition coefficient (Wildman–Crippen LogP) is 3.71. The van der Waals surface area contributed by atoms with Crippen molar-refractivity contribution in [3.8, 4) is 0 Å². The first-order valence-electron chi connectivity index (χ1n) is 13.7. The lowest BCUT2D eigenvalue weighted by molar-refractivity contribution is 0.0142. The van der Waals surface area contributed by atoms with Crippen LogP contribution in [-0.2, 0) is 4.74 Å². The molecule has 2 fully saturated rings. The van der Waals surface area contributed by atoms with Crippen molar-refractivity contribution >= 4 is 0 Å². The van der Waals surface area contributed by atoms with Gasteiger partial charge in [-0.25, -0.2) is 9.48 Å². The number of piperazine rings is 1. The summed E-state index contributed by atoms with van der Waals surface area (Å²) in [6, 6.07) is 1.07. The molecule has 1 aliphatic heterocycles. The SMILES string of the molecule is CC.CCC(CCC(C)n1cnn([C@@H](C)[C@@H](C)O)c1=O)N1CCN(C2CCC(OC)CC2)CC1. The van der Waals surface area contributed by atoms with E-state index < -0.39 is 6.10 Å². The zero-order valence-electron chi connectivity index (χ0n) is 22.8. The summed E-state index contributed by atoms with van der Waals surface area (Å²) in [5, 5.41) is 14.0. The van der Waals surface area contributed by atoms with Gasteiger partial charge in [-0.05, 0) is 65.7 Å². The predicted molar refractivity (Wildman–Crippen MR) is 138 cm³/mol. The number of rotatable bonds is 10. The van der Waals surface area contributed by atoms with Gasteiger partial charge in [-0.15, -0.1) is 0 Å². The smallest absolute Gasteiger partial charge is 0.346 e. The van der Waals surface area contributed by atoms with Gasteiger partial charge >= 0.3 is 5.69 Å². The lowest BCUT2D eigenvalue weighted by Gasteiger charge is -2.44. The van der Waals surface area contributed by atoms with Gasteiger partial charge in [0, 0.05) is 51.4 Å². The Labute approximate surface area is 207 Å². The van der Waals surface area contributed by atoms with Crippen LogP contribution in [0.3, 0.4) is 0 Å². The molecule has 1 aliphatic carbocycles. The van der Waals surface area contributed by atoms with Crippen molar-refractivity contribution in [2.45, 2.75) is 123 Å². The quantitative estimate of drug-likeness (QED) is 0.549. The van der Waals surface area contributed by atoms with Crippen LogP contribution < -0.4 is 5.69 Å². The van der Waals surface area contributed by atoms with Crippen LogP contribution in [0.25, 0.3) is 0 Å². The van der Waals surface area contributed by atoms with Gasteiger partial charge in [0.1, 0.15) is 6.33 Å². The number of nitrogens with zero attached hydrogens (tertiary/aromatic N) is 5. The minimum Gasteiger partial charge on any atom is -0.391 e. The number of aromatic nitrogens is 3. The monoisotopic (exact) mass is 481 g/mol. The summed E-state index contributed by atoms with van der Waals surface area (Å²) >= 11 is 0. The first-order valence-corrected chi connectivity index (χ1v) is 13.7. The molecule has 8 nitrogen and oxygen atoms in total. The van der Waals surface area contributed by atoms with E-state index in [4.69, 9.17) is 4.74 Å². The van der Waals surface area contributed by atoms with Gasteiger partial charge in [-0.3, -0.25) is 14.4 Å². The summed E-state index contributed by atoms with van der Waals surface area (Å²) in [6.07, 6.45) is 9.59. The zero-order valence-corrected chi connectivity index (χ0v) is 22.8. The molecule has 0 amide bonds. The number of ether oxygens (including phenoxy) is 1. The van der Waals surface area contributed by atoms with E-state index in [1.165, 1.54) is 30.4 Å². The molecule has 2 aliphatic rings. The maximum Gasteiger partial charge on any atom is 0.346 e. The highest BCUT2D eigenvalue weighted by molar-refractivity contribution is 4.86. The van der Waals surface area contributed by atoms with E-state index in [2.05, 4.69) is 28.7 Å². The van der Waals surface area contributed by atoms with Crippen molar-refractivity contribution in [2.24, 2.45) is 0 Å². The average Bonchev–Trinajstić information content (AvgIpc) is 3.26. The van der Waals surface area contributed by atoms with E-state index in [0.29, 0.717) is 12.1 Å². The van der Waals surface area contributed by atoms with Gasteiger partial charge in [0.05, 0.1) is 18.2 Å². The molecule has 2 heterocycles. The molecule has 1 aromatic heterocycles. The zero-order chi connectivity index (χ0) is 25.3. The number of aliphatic hydroxyl groups excluding tert-OH is 1. The van der Waals surface area contributed by atoms with Crippen LogP contribution in [-0.4, -0.2) is 86.8 Å². The van der Waals surface area contributed by atoms with Crippen LogP contribution in [0.1, 0.15) is 98.6 Å². The molecule has 4 atom stereocenters. The maximum absolute atomic E-state index is 12.7. The summed E-state index contributed by atoms with van der Waals surface area (Å²) in [4.78, 5) is 18.1. The molecule has 0 radical (unpaired) electrons. The summed E-state index contributed by atoms with van der Waals surface area (Å²) in [7, 11) is 1.84. The van der Waals surface area contributed by atoms with Crippen LogP contribution in [0.15, 0.2) is 11.1 Å². The Balaban J connectivity index is 0.00000199. The highest BCUT2D eigenvalue weighted by Crippen LogP contribution is 2.27. The van der Waals surface area contributed by atoms with Gasteiger partial charge in [-0.2, -0.15) is 5.10 Å². The second-order valence-electron chi connectivity index (χ2n) is 9.97. The normalized spacial score (nSPS) is 25.8. The molecule has 198 valence electrons. The van der Waals surface area contributed by atoms with E-state index >= 15 is 0 Å². The third-order valence-electron chi connectivity index (χ3n) is 8.02. The molecule has 0 bridgehead atoms. The fraction of sp³-hybridized carbons (Fsp3) is 0.923. The summed E-state index contributed by atoms with van der Waals surface area (Å²) in [6.45, 7) is 16.5. The van der Waals surface area contributed by atoms with E-state index in [-0.39, 0.29) is 17.8 Å². The number of methoxy groups -OCH3 is 1. The Morgan fingerprint density at radius 1 is 1.06 bits per heavy atom. The van der Waals surface area contributed by atoms with Gasteiger partial charge in [-0.1, -0.05) is 20.8 Å². The topological polar surface area (TPSA) is 75.8 Å². The second kappa shape index (κ2) is 14.4. The minimum atomic E-state index is -0.607. The Morgan fingerprint density at radius 2 is 1.68 bits per heavy atom. The third kappa shape index (κ3) is 7.39. The molecule has 0 spiro atoms. The number of hydrogen-bond donors (Lipinski definition) is 1. The van der Waals surface area contributed by atoms with Crippen LogP contribution in [0.5, 0.6) is 0 Å². The van der Waals surface area contributed by atoms with Crippen molar-refractivity contribution in [1.82, 2.24) is 24.1 Å². The first kappa shape index (κ1) is 29.0. The first-order chi connectivity index (χ1) is 16.3. The fourth-order valence-electron chi connectivity index (χ4n) is 5.45. The van der Waals surface area contributed by atoms with E-state index in [1.54, 1.807) is 17.8 Å². The molecule has 34 heavy (non-hydrogen) atoms. The van der Waals surface area contributed by atoms with Gasteiger partial charge in [0.25, 0.3) is 0 Å². The lowest BCUT2D eigenvalue weighted by atomic mass is 9.91. The fourth-order valence-corrected chi connectivity index (χ4v) is 5.45. The third-order valence-corrected chi connectivity index (χ3v) is 8.02. The van der Waals surface area contributed by atoms with Crippen molar-refractivity contribution in [2.75, 3.05) is 33.3 Å². The molecule has 3 rings (SSSR count). The molecule has 1 N–H and O–H groups in total. The Kier molecular flexibility index (Phi) is 12.3. The maximum atomic E-state index is 12.7. The highest BCUT2D eigenvalue weighted by Gasteiger charge is 2.30. The van der Waals surface area contributed by atoms with E-state index in [9.17, 15) is 9.90 Å². The molecule has 8 heteroatoms. The van der Waals surface area contributed by atoms with Crippen LogP contribution in [0, 0.1) is 0 Å². The Bertz CT molecular complexity index is 733. The van der Waals surface area contributed by atoms with Crippen molar-refractivity contribution in [3.63, 3.8) is 0 Å². The molecule has 1 aromatic rings. The molecule has 1 saturated carbocycles. The van der Waals surface area contributed by atoms with E-state index in [0.717, 1.165) is 51.5 Å². The second-order valence-corrected chi connectivity index (χ2v) is 9.97. The largest absolute Gasteiger partial charge is 0.391 e. The van der Waals surface area contributed by atoms with Gasteiger partial charge in [0.2, 0.25) is 0 Å². The van der Waals surface area contributed by atoms with Crippen LogP contribution in [0.4, 0.5) is 0 Å². The molecule has 0 aromatic carbocycles. The Hall–Kier alpha value is -1.22. The van der Waals surface area contributed by atoms with Crippen LogP contribution in [0.2, 0.25) is 0 Å². The van der Waals surface area contributed by atoms with Gasteiger partial charge < -0.3 is 9.84 Å². The number of hydrogen-bond acceptors (Lipinski definition) is 6. The number of aliphatic hydroxyl groups is 1. The average molecular weight is 482 g/mol.